The van der Waals surface area contributed by atoms with E-state index in [-0.39, 0.29) is 12.0 Å². The first kappa shape index (κ1) is 15.0. The summed E-state index contributed by atoms with van der Waals surface area (Å²) < 4.78 is 0.841. The van der Waals surface area contributed by atoms with Gasteiger partial charge in [0, 0.05) is 30.0 Å². The fourth-order valence-electron chi connectivity index (χ4n) is 2.08. The molecule has 0 aliphatic rings. The third-order valence-corrected chi connectivity index (χ3v) is 4.71. The predicted octanol–water partition coefficient (Wildman–Crippen LogP) is 3.63. The molecular weight excluding hydrogens is 254 g/mol. The number of halogens is 1. The molecule has 0 fully saturated rings. The molecule has 0 unspecified atom stereocenters. The molecule has 0 saturated heterocycles. The Hall–Kier alpha value is -0.0900. The average Bonchev–Trinajstić information content (AvgIpc) is 2.72. The van der Waals surface area contributed by atoms with E-state index in [0.29, 0.717) is 0 Å². The number of thiophene rings is 1. The first-order chi connectivity index (χ1) is 8.05. The van der Waals surface area contributed by atoms with E-state index in [1.54, 1.807) is 11.3 Å². The summed E-state index contributed by atoms with van der Waals surface area (Å²) in [5.41, 5.74) is 0.0375. The van der Waals surface area contributed by atoms with Gasteiger partial charge in [0.1, 0.15) is 0 Å². The van der Waals surface area contributed by atoms with E-state index in [1.807, 2.05) is 6.07 Å². The molecule has 0 atom stereocenters. The Morgan fingerprint density at radius 1 is 1.35 bits per heavy atom. The van der Waals surface area contributed by atoms with Crippen molar-refractivity contribution in [3.63, 3.8) is 0 Å². The molecule has 1 rings (SSSR count). The quantitative estimate of drug-likeness (QED) is 0.821. The molecule has 0 spiro atoms. The van der Waals surface area contributed by atoms with Crippen LogP contribution < -0.4 is 0 Å². The van der Waals surface area contributed by atoms with E-state index in [4.69, 9.17) is 11.6 Å². The number of aliphatic hydroxyl groups excluding tert-OH is 1. The van der Waals surface area contributed by atoms with E-state index in [9.17, 15) is 5.11 Å². The van der Waals surface area contributed by atoms with Crippen LogP contribution in [0.4, 0.5) is 0 Å². The van der Waals surface area contributed by atoms with Crippen molar-refractivity contribution in [2.75, 3.05) is 20.2 Å². The molecule has 1 heterocycles. The minimum atomic E-state index is 0.0375. The Labute approximate surface area is 113 Å². The first-order valence-corrected chi connectivity index (χ1v) is 7.28. The van der Waals surface area contributed by atoms with Crippen molar-refractivity contribution in [1.29, 1.82) is 0 Å². The summed E-state index contributed by atoms with van der Waals surface area (Å²) in [6, 6.07) is 4.01. The molecule has 0 aliphatic heterocycles. The highest BCUT2D eigenvalue weighted by Gasteiger charge is 2.26. The summed E-state index contributed by atoms with van der Waals surface area (Å²) in [5.74, 6) is 0. The Morgan fingerprint density at radius 3 is 2.41 bits per heavy atom. The molecule has 0 aromatic carbocycles. The molecule has 1 N–H and O–H groups in total. The Kier molecular flexibility index (Phi) is 5.93. The van der Waals surface area contributed by atoms with Crippen molar-refractivity contribution >= 4 is 22.9 Å². The van der Waals surface area contributed by atoms with Gasteiger partial charge in [-0.25, -0.2) is 0 Å². The molecule has 0 aliphatic carbocycles. The Balaban J connectivity index is 2.56. The van der Waals surface area contributed by atoms with Gasteiger partial charge >= 0.3 is 0 Å². The summed E-state index contributed by atoms with van der Waals surface area (Å²) in [5, 5.41) is 9.55. The number of nitrogens with zero attached hydrogens (tertiary/aromatic N) is 1. The van der Waals surface area contributed by atoms with Gasteiger partial charge in [-0.2, -0.15) is 0 Å². The van der Waals surface area contributed by atoms with Crippen molar-refractivity contribution in [2.24, 2.45) is 5.41 Å². The summed E-state index contributed by atoms with van der Waals surface area (Å²) in [6.07, 6.45) is 2.02. The molecule has 4 heteroatoms. The summed E-state index contributed by atoms with van der Waals surface area (Å²) >= 11 is 7.54. The maximum absolute atomic E-state index is 9.55. The fourth-order valence-corrected chi connectivity index (χ4v) is 3.25. The molecule has 0 amide bonds. The van der Waals surface area contributed by atoms with E-state index in [2.05, 4.69) is 31.9 Å². The van der Waals surface area contributed by atoms with Crippen LogP contribution in [0.1, 0.15) is 31.6 Å². The minimum Gasteiger partial charge on any atom is -0.396 e. The maximum Gasteiger partial charge on any atom is 0.0931 e. The zero-order valence-electron chi connectivity index (χ0n) is 10.9. The van der Waals surface area contributed by atoms with E-state index in [1.165, 1.54) is 4.88 Å². The zero-order valence-corrected chi connectivity index (χ0v) is 12.4. The Morgan fingerprint density at radius 2 is 2.00 bits per heavy atom. The van der Waals surface area contributed by atoms with Gasteiger partial charge in [-0.1, -0.05) is 25.4 Å². The monoisotopic (exact) mass is 275 g/mol. The van der Waals surface area contributed by atoms with Gasteiger partial charge in [0.25, 0.3) is 0 Å². The summed E-state index contributed by atoms with van der Waals surface area (Å²) in [7, 11) is 2.10. The van der Waals surface area contributed by atoms with Crippen molar-refractivity contribution in [3.05, 3.63) is 21.3 Å². The predicted molar refractivity (Wildman–Crippen MR) is 75.8 cm³/mol. The van der Waals surface area contributed by atoms with Crippen molar-refractivity contribution in [1.82, 2.24) is 4.90 Å². The van der Waals surface area contributed by atoms with Gasteiger partial charge in [-0.3, -0.25) is 0 Å². The minimum absolute atomic E-state index is 0.0375. The highest BCUT2D eigenvalue weighted by atomic mass is 35.5. The van der Waals surface area contributed by atoms with Crippen LogP contribution >= 0.6 is 22.9 Å². The van der Waals surface area contributed by atoms with E-state index in [0.717, 1.165) is 30.3 Å². The van der Waals surface area contributed by atoms with Gasteiger partial charge in [-0.15, -0.1) is 11.3 Å². The largest absolute Gasteiger partial charge is 0.396 e. The second kappa shape index (κ2) is 6.74. The van der Waals surface area contributed by atoms with Crippen LogP contribution in [0, 0.1) is 5.41 Å². The number of hydrogen-bond acceptors (Lipinski definition) is 3. The SMILES string of the molecule is CCC(CC)(CO)CN(C)Cc1ccc(Cl)s1. The van der Waals surface area contributed by atoms with Crippen LogP contribution in [0.25, 0.3) is 0 Å². The van der Waals surface area contributed by atoms with Gasteiger partial charge in [0.2, 0.25) is 0 Å². The number of hydrogen-bond donors (Lipinski definition) is 1. The van der Waals surface area contributed by atoms with Gasteiger partial charge in [0.15, 0.2) is 0 Å². The number of aliphatic hydroxyl groups is 1. The highest BCUT2D eigenvalue weighted by molar-refractivity contribution is 7.16. The lowest BCUT2D eigenvalue weighted by Crippen LogP contribution is -2.37. The van der Waals surface area contributed by atoms with Crippen molar-refractivity contribution < 1.29 is 5.11 Å². The topological polar surface area (TPSA) is 23.5 Å². The van der Waals surface area contributed by atoms with Crippen LogP contribution in [-0.2, 0) is 6.54 Å². The molecule has 0 bridgehead atoms. The fraction of sp³-hybridized carbons (Fsp3) is 0.692. The summed E-state index contributed by atoms with van der Waals surface area (Å²) in [6.45, 7) is 6.38. The van der Waals surface area contributed by atoms with Crippen LogP contribution in [0.5, 0.6) is 0 Å². The lowest BCUT2D eigenvalue weighted by atomic mass is 9.83. The van der Waals surface area contributed by atoms with Crippen molar-refractivity contribution in [3.8, 4) is 0 Å². The number of rotatable bonds is 7. The Bertz CT molecular complexity index is 328. The first-order valence-electron chi connectivity index (χ1n) is 6.09. The second-order valence-corrected chi connectivity index (χ2v) is 6.54. The van der Waals surface area contributed by atoms with Gasteiger partial charge < -0.3 is 10.0 Å². The maximum atomic E-state index is 9.55. The normalized spacial score (nSPS) is 12.4. The standard InChI is InChI=1S/C13H22ClNOS/c1-4-13(5-2,10-16)9-15(3)8-11-6-7-12(14)17-11/h6-7,16H,4-5,8-10H2,1-3H3. The lowest BCUT2D eigenvalue weighted by Gasteiger charge is -2.33. The molecule has 17 heavy (non-hydrogen) atoms. The van der Waals surface area contributed by atoms with Crippen LogP contribution in [0.2, 0.25) is 4.34 Å². The van der Waals surface area contributed by atoms with Gasteiger partial charge in [-0.05, 0) is 32.0 Å². The molecule has 0 radical (unpaired) electrons. The van der Waals surface area contributed by atoms with Crippen LogP contribution in [0.15, 0.2) is 12.1 Å². The molecule has 0 saturated carbocycles. The molecule has 2 nitrogen and oxygen atoms in total. The van der Waals surface area contributed by atoms with Crippen LogP contribution in [0.3, 0.4) is 0 Å². The smallest absolute Gasteiger partial charge is 0.0931 e. The molecular formula is C13H22ClNOS. The van der Waals surface area contributed by atoms with Crippen molar-refractivity contribution in [2.45, 2.75) is 33.2 Å². The summed E-state index contributed by atoms with van der Waals surface area (Å²) in [4.78, 5) is 3.54. The average molecular weight is 276 g/mol. The van der Waals surface area contributed by atoms with E-state index < -0.39 is 0 Å². The van der Waals surface area contributed by atoms with E-state index >= 15 is 0 Å². The molecule has 1 aromatic rings. The highest BCUT2D eigenvalue weighted by Crippen LogP contribution is 2.28. The van der Waals surface area contributed by atoms with Gasteiger partial charge in [0.05, 0.1) is 4.34 Å². The second-order valence-electron chi connectivity index (χ2n) is 4.74. The molecule has 1 aromatic heterocycles. The van der Waals surface area contributed by atoms with Crippen LogP contribution in [-0.4, -0.2) is 30.2 Å². The lowest BCUT2D eigenvalue weighted by molar-refractivity contribution is 0.0734. The molecule has 98 valence electrons. The third-order valence-electron chi connectivity index (χ3n) is 3.50. The zero-order chi connectivity index (χ0) is 12.9. The third kappa shape index (κ3) is 4.25.